The van der Waals surface area contributed by atoms with E-state index >= 15 is 0 Å². The molecule has 0 aliphatic heterocycles. The molecule has 1 aliphatic carbocycles. The van der Waals surface area contributed by atoms with Crippen LogP contribution in [0.3, 0.4) is 0 Å². The number of ether oxygens (including phenoxy) is 2. The lowest BCUT2D eigenvalue weighted by Gasteiger charge is -2.27. The van der Waals surface area contributed by atoms with Crippen molar-refractivity contribution in [1.29, 1.82) is 0 Å². The van der Waals surface area contributed by atoms with Gasteiger partial charge in [0.25, 0.3) is 0 Å². The van der Waals surface area contributed by atoms with Crippen molar-refractivity contribution >= 4 is 89.7 Å². The van der Waals surface area contributed by atoms with Gasteiger partial charge in [-0.15, -0.1) is 0 Å². The van der Waals surface area contributed by atoms with E-state index < -0.39 is 46.5 Å². The highest BCUT2D eigenvalue weighted by Gasteiger charge is 2.45. The third-order valence-corrected chi connectivity index (χ3v) is 9.30. The number of nitrogens with one attached hydrogen (secondary N) is 1. The van der Waals surface area contributed by atoms with Crippen LogP contribution in [-0.2, 0) is 24.3 Å². The molecule has 0 heterocycles. The average molecular weight is 801 g/mol. The van der Waals surface area contributed by atoms with Gasteiger partial charge in [-0.25, -0.2) is 17.9 Å². The van der Waals surface area contributed by atoms with Crippen molar-refractivity contribution in [3.63, 3.8) is 0 Å². The molecular formula is C17H17F3I3NO6S. The highest BCUT2D eigenvalue weighted by molar-refractivity contribution is 14.1. The number of sulfonamides is 1. The summed E-state index contributed by atoms with van der Waals surface area (Å²) in [7, 11) is -5.46. The Bertz CT molecular complexity index is 934. The number of carbonyl (C=O) groups is 2. The third-order valence-electron chi connectivity index (χ3n) is 4.44. The van der Waals surface area contributed by atoms with Crippen LogP contribution in [0.5, 0.6) is 0 Å². The van der Waals surface area contributed by atoms with Crippen LogP contribution >= 0.6 is 67.8 Å². The molecular weight excluding hydrogens is 784 g/mol. The summed E-state index contributed by atoms with van der Waals surface area (Å²) in [6.45, 7) is -1.18. The fraction of sp³-hybridized carbons (Fsp3) is 0.529. The molecule has 7 nitrogen and oxygen atoms in total. The maximum atomic E-state index is 12.5. The Kier molecular flexibility index (Phi) is 10.1. The summed E-state index contributed by atoms with van der Waals surface area (Å²) in [5, 5.41) is 0. The van der Waals surface area contributed by atoms with Gasteiger partial charge in [0.2, 0.25) is 0 Å². The predicted molar refractivity (Wildman–Crippen MR) is 130 cm³/mol. The van der Waals surface area contributed by atoms with E-state index in [0.29, 0.717) is 31.2 Å². The largest absolute Gasteiger partial charge is 0.511 e. The Morgan fingerprint density at radius 2 is 1.71 bits per heavy atom. The van der Waals surface area contributed by atoms with Crippen LogP contribution in [0.15, 0.2) is 12.1 Å². The van der Waals surface area contributed by atoms with Crippen LogP contribution < -0.4 is 4.72 Å². The molecule has 0 bridgehead atoms. The second-order valence-corrected chi connectivity index (χ2v) is 11.9. The molecule has 0 radical (unpaired) electrons. The number of benzene rings is 1. The molecule has 0 spiro atoms. The number of carbonyl (C=O) groups excluding carboxylic acids is 2. The molecule has 1 aliphatic rings. The minimum absolute atomic E-state index is 0.346. The molecule has 174 valence electrons. The van der Waals surface area contributed by atoms with Crippen LogP contribution in [0.2, 0.25) is 0 Å². The number of hydrogen-bond acceptors (Lipinski definition) is 6. The summed E-state index contributed by atoms with van der Waals surface area (Å²) >= 11 is 6.36. The van der Waals surface area contributed by atoms with Gasteiger partial charge < -0.3 is 9.47 Å². The van der Waals surface area contributed by atoms with Gasteiger partial charge in [-0.05, 0) is 106 Å². The lowest BCUT2D eigenvalue weighted by Crippen LogP contribution is -2.38. The number of alkyl halides is 3. The van der Waals surface area contributed by atoms with Crippen molar-refractivity contribution in [2.24, 2.45) is 5.92 Å². The van der Waals surface area contributed by atoms with Crippen LogP contribution in [0.4, 0.5) is 13.2 Å². The zero-order valence-electron chi connectivity index (χ0n) is 15.7. The third kappa shape index (κ3) is 7.80. The van der Waals surface area contributed by atoms with E-state index in [9.17, 15) is 31.2 Å². The van der Waals surface area contributed by atoms with Crippen LogP contribution in [0.1, 0.15) is 36.0 Å². The standard InChI is InChI=1S/C17H17F3I3NO6S/c18-17(19,20)31(27,28)24-5-6-29-15(25)9-1-3-11(4-2-9)30-16(26)12-7-10(21)8-13(22)14(12)23/h7-9,11,24H,1-6H2. The first-order chi connectivity index (χ1) is 14.3. The summed E-state index contributed by atoms with van der Waals surface area (Å²) in [5.74, 6) is -1.52. The van der Waals surface area contributed by atoms with E-state index in [2.05, 4.69) is 67.8 Å². The van der Waals surface area contributed by atoms with Crippen molar-refractivity contribution in [1.82, 2.24) is 4.72 Å². The van der Waals surface area contributed by atoms with Gasteiger partial charge in [-0.1, -0.05) is 0 Å². The van der Waals surface area contributed by atoms with E-state index in [1.54, 1.807) is 6.07 Å². The van der Waals surface area contributed by atoms with Gasteiger partial charge in [0, 0.05) is 17.3 Å². The number of halogens is 6. The quantitative estimate of drug-likeness (QED) is 0.192. The van der Waals surface area contributed by atoms with Gasteiger partial charge in [-0.2, -0.15) is 13.2 Å². The van der Waals surface area contributed by atoms with Crippen LogP contribution in [-0.4, -0.2) is 45.1 Å². The minimum Gasteiger partial charge on any atom is -0.464 e. The minimum atomic E-state index is -5.46. The fourth-order valence-electron chi connectivity index (χ4n) is 2.86. The van der Waals surface area contributed by atoms with Gasteiger partial charge >= 0.3 is 27.5 Å². The molecule has 1 fully saturated rings. The molecule has 0 amide bonds. The SMILES string of the molecule is O=C(OC1CCC(C(=O)OCCNS(=O)(=O)C(F)(F)F)CC1)c1cc(I)cc(I)c1I. The van der Waals surface area contributed by atoms with Gasteiger partial charge in [-0.3, -0.25) is 4.79 Å². The average Bonchev–Trinajstić information content (AvgIpc) is 2.67. The van der Waals surface area contributed by atoms with E-state index in [1.165, 1.54) is 4.72 Å². The molecule has 1 aromatic rings. The van der Waals surface area contributed by atoms with Gasteiger partial charge in [0.05, 0.1) is 11.5 Å². The molecule has 0 atom stereocenters. The number of hydrogen-bond donors (Lipinski definition) is 1. The Labute approximate surface area is 218 Å². The molecule has 0 unspecified atom stereocenters. The molecule has 1 N–H and O–H groups in total. The Morgan fingerprint density at radius 3 is 2.29 bits per heavy atom. The first-order valence-electron chi connectivity index (χ1n) is 8.90. The first-order valence-corrected chi connectivity index (χ1v) is 13.6. The van der Waals surface area contributed by atoms with E-state index in [4.69, 9.17) is 9.47 Å². The first kappa shape index (κ1) is 27.3. The molecule has 0 saturated heterocycles. The van der Waals surface area contributed by atoms with E-state index in [-0.39, 0.29) is 6.10 Å². The highest BCUT2D eigenvalue weighted by Crippen LogP contribution is 2.29. The predicted octanol–water partition coefficient (Wildman–Crippen LogP) is 4.20. The van der Waals surface area contributed by atoms with Crippen molar-refractivity contribution in [2.75, 3.05) is 13.2 Å². The fourth-order valence-corrected chi connectivity index (χ4v) is 5.76. The van der Waals surface area contributed by atoms with Crippen molar-refractivity contribution in [2.45, 2.75) is 37.3 Å². The zero-order valence-corrected chi connectivity index (χ0v) is 23.0. The number of esters is 2. The molecule has 0 aromatic heterocycles. The van der Waals surface area contributed by atoms with Crippen molar-refractivity contribution < 1.29 is 40.7 Å². The monoisotopic (exact) mass is 801 g/mol. The van der Waals surface area contributed by atoms with E-state index in [1.807, 2.05) is 6.07 Å². The highest BCUT2D eigenvalue weighted by atomic mass is 127. The second kappa shape index (κ2) is 11.5. The van der Waals surface area contributed by atoms with Crippen molar-refractivity contribution in [3.8, 4) is 0 Å². The van der Waals surface area contributed by atoms with Gasteiger partial charge in [0.1, 0.15) is 12.7 Å². The van der Waals surface area contributed by atoms with Crippen molar-refractivity contribution in [3.05, 3.63) is 28.4 Å². The maximum Gasteiger partial charge on any atom is 0.511 e. The summed E-state index contributed by atoms with van der Waals surface area (Å²) < 4.78 is 72.8. The maximum absolute atomic E-state index is 12.5. The summed E-state index contributed by atoms with van der Waals surface area (Å²) in [4.78, 5) is 24.6. The molecule has 14 heteroatoms. The molecule has 31 heavy (non-hydrogen) atoms. The summed E-state index contributed by atoms with van der Waals surface area (Å²) in [5.41, 5.74) is -4.93. The topological polar surface area (TPSA) is 98.8 Å². The lowest BCUT2D eigenvalue weighted by molar-refractivity contribution is -0.150. The summed E-state index contributed by atoms with van der Waals surface area (Å²) in [6.07, 6.45) is 1.34. The number of rotatable bonds is 7. The summed E-state index contributed by atoms with van der Waals surface area (Å²) in [6, 6.07) is 3.70. The Balaban J connectivity index is 1.77. The Morgan fingerprint density at radius 1 is 1.10 bits per heavy atom. The van der Waals surface area contributed by atoms with Crippen LogP contribution in [0, 0.1) is 16.6 Å². The lowest BCUT2D eigenvalue weighted by atomic mass is 9.87. The van der Waals surface area contributed by atoms with Gasteiger partial charge in [0.15, 0.2) is 0 Å². The van der Waals surface area contributed by atoms with E-state index in [0.717, 1.165) is 10.7 Å². The smallest absolute Gasteiger partial charge is 0.464 e. The molecule has 1 aromatic carbocycles. The normalized spacial score (nSPS) is 19.7. The molecule has 2 rings (SSSR count). The van der Waals surface area contributed by atoms with Crippen LogP contribution in [0.25, 0.3) is 0 Å². The zero-order chi connectivity index (χ0) is 23.4. The molecule has 1 saturated carbocycles. The Hall–Kier alpha value is 0.0500. The second-order valence-electron chi connectivity index (χ2n) is 6.64.